The molecular weight excluding hydrogens is 553 g/mol. The first-order chi connectivity index (χ1) is 19.4. The molecule has 1 atom stereocenters. The van der Waals surface area contributed by atoms with Crippen molar-refractivity contribution in [3.8, 4) is 17.2 Å². The molecule has 0 saturated carbocycles. The number of aromatic nitrogens is 3. The fourth-order valence-corrected chi connectivity index (χ4v) is 5.04. The SMILES string of the molecule is CCOc1cc([C@H]2C(C(=O)Nc3ccccc3OC)=C(C)Nc3ncnn32)ccc1OCc1c(Cl)cccc1Cl. The number of carbonyl (C=O) groups is 1. The molecular formula is C29H27Cl2N5O4. The zero-order valence-electron chi connectivity index (χ0n) is 22.1. The molecule has 9 nitrogen and oxygen atoms in total. The molecule has 1 aliphatic heterocycles. The van der Waals surface area contributed by atoms with Crippen LogP contribution in [0.3, 0.4) is 0 Å². The second kappa shape index (κ2) is 11.9. The third-order valence-electron chi connectivity index (χ3n) is 6.41. The van der Waals surface area contributed by atoms with Crippen LogP contribution in [-0.2, 0) is 11.4 Å². The maximum atomic E-state index is 13.8. The maximum absolute atomic E-state index is 13.8. The summed E-state index contributed by atoms with van der Waals surface area (Å²) >= 11 is 12.7. The average Bonchev–Trinajstić information content (AvgIpc) is 3.41. The molecule has 4 aromatic rings. The van der Waals surface area contributed by atoms with E-state index in [1.54, 1.807) is 48.2 Å². The predicted octanol–water partition coefficient (Wildman–Crippen LogP) is 6.50. The summed E-state index contributed by atoms with van der Waals surface area (Å²) in [6.45, 7) is 4.28. The van der Waals surface area contributed by atoms with Gasteiger partial charge in [0.1, 0.15) is 24.7 Å². The van der Waals surface area contributed by atoms with Crippen molar-refractivity contribution in [3.05, 3.63) is 99.4 Å². The largest absolute Gasteiger partial charge is 0.495 e. The zero-order chi connectivity index (χ0) is 28.2. The third kappa shape index (κ3) is 5.43. The Morgan fingerprint density at radius 1 is 1.02 bits per heavy atom. The Morgan fingerprint density at radius 2 is 1.80 bits per heavy atom. The van der Waals surface area contributed by atoms with Gasteiger partial charge in [-0.15, -0.1) is 0 Å². The van der Waals surface area contributed by atoms with Crippen molar-refractivity contribution in [1.82, 2.24) is 14.8 Å². The van der Waals surface area contributed by atoms with Gasteiger partial charge in [-0.2, -0.15) is 10.1 Å². The zero-order valence-corrected chi connectivity index (χ0v) is 23.6. The molecule has 0 bridgehead atoms. The highest BCUT2D eigenvalue weighted by molar-refractivity contribution is 6.35. The van der Waals surface area contributed by atoms with Crippen molar-refractivity contribution in [2.24, 2.45) is 0 Å². The van der Waals surface area contributed by atoms with Crippen molar-refractivity contribution in [1.29, 1.82) is 0 Å². The fraction of sp³-hybridized carbons (Fsp3) is 0.207. The van der Waals surface area contributed by atoms with E-state index in [4.69, 9.17) is 37.4 Å². The second-order valence-corrected chi connectivity index (χ2v) is 9.69. The van der Waals surface area contributed by atoms with Gasteiger partial charge < -0.3 is 24.8 Å². The number of halogens is 2. The Kier molecular flexibility index (Phi) is 8.14. The average molecular weight is 580 g/mol. The van der Waals surface area contributed by atoms with Gasteiger partial charge in [0.05, 0.1) is 25.0 Å². The van der Waals surface area contributed by atoms with Gasteiger partial charge in [0, 0.05) is 21.3 Å². The molecule has 0 saturated heterocycles. The van der Waals surface area contributed by atoms with Gasteiger partial charge in [0.15, 0.2) is 11.5 Å². The number of anilines is 2. The summed E-state index contributed by atoms with van der Waals surface area (Å²) < 4.78 is 19.1. The van der Waals surface area contributed by atoms with E-state index in [-0.39, 0.29) is 12.5 Å². The number of fused-ring (bicyclic) bond motifs is 1. The van der Waals surface area contributed by atoms with E-state index < -0.39 is 6.04 Å². The van der Waals surface area contributed by atoms with E-state index in [1.165, 1.54) is 6.33 Å². The molecule has 40 heavy (non-hydrogen) atoms. The molecule has 1 aromatic heterocycles. The van der Waals surface area contributed by atoms with Crippen molar-refractivity contribution >= 4 is 40.7 Å². The Labute approximate surface area is 241 Å². The Balaban J connectivity index is 1.51. The molecule has 206 valence electrons. The fourth-order valence-electron chi connectivity index (χ4n) is 4.53. The number of nitrogens with zero attached hydrogens (tertiary/aromatic N) is 3. The molecule has 11 heteroatoms. The number of benzene rings is 3. The first-order valence-corrected chi connectivity index (χ1v) is 13.3. The lowest BCUT2D eigenvalue weighted by molar-refractivity contribution is -0.113. The van der Waals surface area contributed by atoms with Crippen molar-refractivity contribution in [2.45, 2.75) is 26.5 Å². The van der Waals surface area contributed by atoms with Crippen molar-refractivity contribution < 1.29 is 19.0 Å². The van der Waals surface area contributed by atoms with E-state index in [1.807, 2.05) is 38.1 Å². The highest BCUT2D eigenvalue weighted by Crippen LogP contribution is 2.40. The van der Waals surface area contributed by atoms with Gasteiger partial charge in [-0.25, -0.2) is 4.68 Å². The van der Waals surface area contributed by atoms with Crippen LogP contribution in [0.2, 0.25) is 10.0 Å². The first kappa shape index (κ1) is 27.4. The standard InChI is InChI=1S/C29H27Cl2N5O4/c1-4-39-25-14-18(12-13-24(25)40-15-19-20(30)8-7-9-21(19)31)27-26(17(2)34-29-32-16-33-36(27)29)28(37)35-22-10-5-6-11-23(22)38-3/h5-14,16,27H,4,15H2,1-3H3,(H,35,37)(H,32,33,34)/t27-/m0/s1. The van der Waals surface area contributed by atoms with Gasteiger partial charge in [-0.1, -0.05) is 47.5 Å². The maximum Gasteiger partial charge on any atom is 0.255 e. The quantitative estimate of drug-likeness (QED) is 0.233. The monoisotopic (exact) mass is 579 g/mol. The van der Waals surface area contributed by atoms with Crippen LogP contribution in [0, 0.1) is 0 Å². The van der Waals surface area contributed by atoms with Crippen LogP contribution >= 0.6 is 23.2 Å². The Bertz CT molecular complexity index is 1570. The number of amides is 1. The van der Waals surface area contributed by atoms with E-state index in [0.717, 1.165) is 5.56 Å². The highest BCUT2D eigenvalue weighted by Gasteiger charge is 2.34. The van der Waals surface area contributed by atoms with Gasteiger partial charge in [0.2, 0.25) is 5.95 Å². The summed E-state index contributed by atoms with van der Waals surface area (Å²) in [5.74, 6) is 1.77. The van der Waals surface area contributed by atoms with E-state index in [9.17, 15) is 4.79 Å². The van der Waals surface area contributed by atoms with Crippen LogP contribution in [-0.4, -0.2) is 34.4 Å². The molecule has 3 aromatic carbocycles. The van der Waals surface area contributed by atoms with E-state index in [0.29, 0.717) is 62.4 Å². The summed E-state index contributed by atoms with van der Waals surface area (Å²) in [7, 11) is 1.56. The molecule has 0 aliphatic carbocycles. The number of rotatable bonds is 9. The molecule has 0 radical (unpaired) electrons. The summed E-state index contributed by atoms with van der Waals surface area (Å²) in [4.78, 5) is 18.1. The number of hydrogen-bond donors (Lipinski definition) is 2. The van der Waals surface area contributed by atoms with Crippen molar-refractivity contribution in [2.75, 3.05) is 24.4 Å². The molecule has 1 aliphatic rings. The summed E-state index contributed by atoms with van der Waals surface area (Å²) in [6.07, 6.45) is 1.44. The normalized spacial score (nSPS) is 14.3. The number of para-hydroxylation sites is 2. The van der Waals surface area contributed by atoms with Gasteiger partial charge >= 0.3 is 0 Å². The smallest absolute Gasteiger partial charge is 0.255 e. The summed E-state index contributed by atoms with van der Waals surface area (Å²) in [5, 5.41) is 11.6. The number of hydrogen-bond acceptors (Lipinski definition) is 7. The Morgan fingerprint density at radius 3 is 2.55 bits per heavy atom. The van der Waals surface area contributed by atoms with Crippen LogP contribution in [0.4, 0.5) is 11.6 Å². The van der Waals surface area contributed by atoms with Crippen molar-refractivity contribution in [3.63, 3.8) is 0 Å². The molecule has 0 unspecified atom stereocenters. The van der Waals surface area contributed by atoms with Gasteiger partial charge in [0.25, 0.3) is 5.91 Å². The highest BCUT2D eigenvalue weighted by atomic mass is 35.5. The minimum atomic E-state index is -0.597. The second-order valence-electron chi connectivity index (χ2n) is 8.88. The third-order valence-corrected chi connectivity index (χ3v) is 7.12. The lowest BCUT2D eigenvalue weighted by Gasteiger charge is -2.29. The Hall–Kier alpha value is -4.21. The molecule has 2 heterocycles. The topological polar surface area (TPSA) is 99.5 Å². The van der Waals surface area contributed by atoms with Crippen LogP contribution in [0.25, 0.3) is 0 Å². The molecule has 5 rings (SSSR count). The number of carbonyl (C=O) groups excluding carboxylic acids is 1. The van der Waals surface area contributed by atoms with E-state index in [2.05, 4.69) is 20.7 Å². The minimum absolute atomic E-state index is 0.157. The van der Waals surface area contributed by atoms with Crippen LogP contribution in [0.5, 0.6) is 17.2 Å². The lowest BCUT2D eigenvalue weighted by Crippen LogP contribution is -2.31. The molecule has 2 N–H and O–H groups in total. The van der Waals surface area contributed by atoms with Crippen LogP contribution < -0.4 is 24.8 Å². The van der Waals surface area contributed by atoms with Gasteiger partial charge in [-0.3, -0.25) is 4.79 Å². The summed E-state index contributed by atoms with van der Waals surface area (Å²) in [5.41, 5.74) is 3.09. The minimum Gasteiger partial charge on any atom is -0.495 e. The predicted molar refractivity (Wildman–Crippen MR) is 155 cm³/mol. The van der Waals surface area contributed by atoms with Crippen LogP contribution in [0.15, 0.2) is 78.3 Å². The van der Waals surface area contributed by atoms with Crippen LogP contribution in [0.1, 0.15) is 31.0 Å². The number of nitrogens with one attached hydrogen (secondary N) is 2. The number of allylic oxidation sites excluding steroid dienone is 1. The van der Waals surface area contributed by atoms with Gasteiger partial charge in [-0.05, 0) is 55.8 Å². The first-order valence-electron chi connectivity index (χ1n) is 12.5. The molecule has 0 spiro atoms. The molecule has 0 fully saturated rings. The lowest BCUT2D eigenvalue weighted by atomic mass is 9.94. The van der Waals surface area contributed by atoms with E-state index >= 15 is 0 Å². The molecule has 1 amide bonds. The number of ether oxygens (including phenoxy) is 3. The number of methoxy groups -OCH3 is 1. The summed E-state index contributed by atoms with van der Waals surface area (Å²) in [6, 6.07) is 17.5.